The quantitative estimate of drug-likeness (QED) is 0.596. The number of piperazine rings is 1. The highest BCUT2D eigenvalue weighted by Crippen LogP contribution is 2.37. The third-order valence-corrected chi connectivity index (χ3v) is 8.54. The van der Waals surface area contributed by atoms with Crippen LogP contribution >= 0.6 is 0 Å². The number of ether oxygens (including phenoxy) is 2. The van der Waals surface area contributed by atoms with Crippen LogP contribution in [0.4, 0.5) is 5.69 Å². The molecule has 3 atom stereocenters. The molecule has 0 spiro atoms. The van der Waals surface area contributed by atoms with E-state index in [0.29, 0.717) is 37.6 Å². The number of hydrogen-bond acceptors (Lipinski definition) is 7. The summed E-state index contributed by atoms with van der Waals surface area (Å²) in [7, 11) is 0. The second-order valence-corrected chi connectivity index (χ2v) is 11.0. The van der Waals surface area contributed by atoms with Crippen molar-refractivity contribution in [1.82, 2.24) is 15.1 Å². The minimum atomic E-state index is -1.00. The average Bonchev–Trinajstić information content (AvgIpc) is 3.62. The summed E-state index contributed by atoms with van der Waals surface area (Å²) in [5.41, 5.74) is 0.643. The van der Waals surface area contributed by atoms with E-state index >= 15 is 0 Å². The van der Waals surface area contributed by atoms with Gasteiger partial charge in [-0.15, -0.1) is 0 Å². The number of likely N-dealkylation sites (tertiary alicyclic amines) is 1. The maximum Gasteiger partial charge on any atom is 0.252 e. The predicted molar refractivity (Wildman–Crippen MR) is 140 cm³/mol. The number of nitrogens with zero attached hydrogens (tertiary/aromatic N) is 3. The number of ketones is 1. The van der Waals surface area contributed by atoms with Gasteiger partial charge < -0.3 is 24.6 Å². The molecule has 202 valence electrons. The zero-order valence-electron chi connectivity index (χ0n) is 22.3. The lowest BCUT2D eigenvalue weighted by atomic mass is 9.93. The second kappa shape index (κ2) is 10.7. The Kier molecular flexibility index (Phi) is 7.56. The predicted octanol–water partition coefficient (Wildman–Crippen LogP) is 1.84. The average molecular weight is 513 g/mol. The van der Waals surface area contributed by atoms with Gasteiger partial charge in [-0.1, -0.05) is 12.8 Å². The van der Waals surface area contributed by atoms with Gasteiger partial charge in [0.15, 0.2) is 5.78 Å². The van der Waals surface area contributed by atoms with Crippen LogP contribution in [-0.2, 0) is 19.1 Å². The molecule has 2 amide bonds. The fourth-order valence-electron chi connectivity index (χ4n) is 6.44. The van der Waals surface area contributed by atoms with Crippen LogP contribution in [0.25, 0.3) is 0 Å². The van der Waals surface area contributed by atoms with Crippen molar-refractivity contribution in [2.45, 2.75) is 76.3 Å². The molecule has 5 rings (SSSR count). The Morgan fingerprint density at radius 1 is 1.11 bits per heavy atom. The number of hydrogen-bond donors (Lipinski definition) is 1. The Morgan fingerprint density at radius 3 is 2.41 bits per heavy atom. The summed E-state index contributed by atoms with van der Waals surface area (Å²) < 4.78 is 11.5. The fraction of sp³-hybridized carbons (Fsp3) is 0.679. The topological polar surface area (TPSA) is 91.4 Å². The van der Waals surface area contributed by atoms with Crippen LogP contribution in [0.1, 0.15) is 56.8 Å². The molecule has 37 heavy (non-hydrogen) atoms. The zero-order chi connectivity index (χ0) is 26.2. The van der Waals surface area contributed by atoms with Crippen LogP contribution in [0.15, 0.2) is 24.3 Å². The fourth-order valence-corrected chi connectivity index (χ4v) is 6.44. The number of carbonyl (C=O) groups is 3. The molecule has 0 unspecified atom stereocenters. The molecule has 4 aliphatic rings. The summed E-state index contributed by atoms with van der Waals surface area (Å²) in [4.78, 5) is 46.4. The normalized spacial score (nSPS) is 27.7. The molecular formula is C28H40N4O5. The van der Waals surface area contributed by atoms with Crippen molar-refractivity contribution in [3.63, 3.8) is 0 Å². The van der Waals surface area contributed by atoms with E-state index in [2.05, 4.69) is 29.0 Å². The van der Waals surface area contributed by atoms with Gasteiger partial charge in [0.2, 0.25) is 5.91 Å². The van der Waals surface area contributed by atoms with Crippen molar-refractivity contribution >= 4 is 23.3 Å². The highest BCUT2D eigenvalue weighted by atomic mass is 16.6. The zero-order valence-corrected chi connectivity index (χ0v) is 22.3. The van der Waals surface area contributed by atoms with E-state index in [4.69, 9.17) is 9.47 Å². The first-order valence-corrected chi connectivity index (χ1v) is 13.8. The van der Waals surface area contributed by atoms with E-state index in [1.54, 1.807) is 4.90 Å². The van der Waals surface area contributed by atoms with Crippen molar-refractivity contribution in [3.05, 3.63) is 29.8 Å². The molecule has 1 aliphatic carbocycles. The SMILES string of the molecule is CCO[C@H]1CN(C(=O)C2(NC(=O)c3ccc(N4CCN(C(C)C)CC4)cc3)CCCC2)[C@@H]2C(=O)CO[C@H]12. The molecule has 0 aromatic heterocycles. The molecular weight excluding hydrogens is 472 g/mol. The highest BCUT2D eigenvalue weighted by Gasteiger charge is 2.56. The molecule has 3 aliphatic heterocycles. The number of amides is 2. The van der Waals surface area contributed by atoms with Gasteiger partial charge in [0, 0.05) is 50.1 Å². The van der Waals surface area contributed by atoms with E-state index < -0.39 is 17.7 Å². The van der Waals surface area contributed by atoms with Crippen LogP contribution in [0.3, 0.4) is 0 Å². The molecule has 1 N–H and O–H groups in total. The number of Topliss-reactive ketones (excluding diaryl/α,β-unsaturated/α-hetero) is 1. The van der Waals surface area contributed by atoms with Crippen LogP contribution in [-0.4, -0.2) is 103 Å². The van der Waals surface area contributed by atoms with Gasteiger partial charge in [-0.25, -0.2) is 0 Å². The Bertz CT molecular complexity index is 998. The van der Waals surface area contributed by atoms with E-state index in [9.17, 15) is 14.4 Å². The third-order valence-electron chi connectivity index (χ3n) is 8.54. The minimum absolute atomic E-state index is 0.000907. The molecule has 0 bridgehead atoms. The molecule has 1 aromatic rings. The largest absolute Gasteiger partial charge is 0.374 e. The number of nitrogens with one attached hydrogen (secondary N) is 1. The second-order valence-electron chi connectivity index (χ2n) is 11.0. The molecule has 1 saturated carbocycles. The van der Waals surface area contributed by atoms with E-state index in [1.165, 1.54) is 0 Å². The number of carbonyl (C=O) groups excluding carboxylic acids is 3. The summed E-state index contributed by atoms with van der Waals surface area (Å²) >= 11 is 0. The molecule has 3 saturated heterocycles. The molecule has 3 heterocycles. The van der Waals surface area contributed by atoms with E-state index in [0.717, 1.165) is 44.7 Å². The third kappa shape index (κ3) is 5.01. The van der Waals surface area contributed by atoms with Gasteiger partial charge in [0.25, 0.3) is 5.91 Å². The molecule has 9 heteroatoms. The molecule has 4 fully saturated rings. The standard InChI is InChI=1S/C28H40N4O5/c1-4-36-23-17-32(24-22(33)18-37-25(23)24)27(35)28(11-5-6-12-28)29-26(34)20-7-9-21(10-8-20)31-15-13-30(14-16-31)19(2)3/h7-10,19,23-25H,4-6,11-18H2,1-3H3,(H,29,34)/t23-,24+,25+/m0/s1. The van der Waals surface area contributed by atoms with Crippen LogP contribution in [0.5, 0.6) is 0 Å². The van der Waals surface area contributed by atoms with Crippen molar-refractivity contribution < 1.29 is 23.9 Å². The maximum atomic E-state index is 13.9. The highest BCUT2D eigenvalue weighted by molar-refractivity contribution is 6.01. The first-order valence-electron chi connectivity index (χ1n) is 13.8. The first-order chi connectivity index (χ1) is 17.8. The van der Waals surface area contributed by atoms with E-state index in [-0.39, 0.29) is 30.3 Å². The van der Waals surface area contributed by atoms with Crippen molar-refractivity contribution in [3.8, 4) is 0 Å². The van der Waals surface area contributed by atoms with Gasteiger partial charge in [-0.2, -0.15) is 0 Å². The number of fused-ring (bicyclic) bond motifs is 1. The molecule has 9 nitrogen and oxygen atoms in total. The van der Waals surface area contributed by atoms with E-state index in [1.807, 2.05) is 31.2 Å². The van der Waals surface area contributed by atoms with Crippen LogP contribution in [0.2, 0.25) is 0 Å². The van der Waals surface area contributed by atoms with Crippen molar-refractivity contribution in [1.29, 1.82) is 0 Å². The van der Waals surface area contributed by atoms with Gasteiger partial charge in [0.1, 0.15) is 30.4 Å². The number of benzene rings is 1. The molecule has 0 radical (unpaired) electrons. The van der Waals surface area contributed by atoms with Crippen LogP contribution < -0.4 is 10.2 Å². The van der Waals surface area contributed by atoms with Crippen molar-refractivity contribution in [2.75, 3.05) is 50.8 Å². The summed E-state index contributed by atoms with van der Waals surface area (Å²) in [6.45, 7) is 11.1. The lowest BCUT2D eigenvalue weighted by Crippen LogP contribution is -2.60. The summed E-state index contributed by atoms with van der Waals surface area (Å²) in [6.07, 6.45) is 2.09. The van der Waals surface area contributed by atoms with Gasteiger partial charge >= 0.3 is 0 Å². The number of anilines is 1. The lowest BCUT2D eigenvalue weighted by Gasteiger charge is -2.38. The lowest BCUT2D eigenvalue weighted by molar-refractivity contribution is -0.142. The Labute approximate surface area is 219 Å². The monoisotopic (exact) mass is 512 g/mol. The summed E-state index contributed by atoms with van der Waals surface area (Å²) in [6, 6.07) is 7.60. The summed E-state index contributed by atoms with van der Waals surface area (Å²) in [5.74, 6) is -0.531. The minimum Gasteiger partial charge on any atom is -0.374 e. The Balaban J connectivity index is 1.28. The van der Waals surface area contributed by atoms with Crippen LogP contribution in [0, 0.1) is 0 Å². The Hall–Kier alpha value is -2.49. The first kappa shape index (κ1) is 26.1. The maximum absolute atomic E-state index is 13.9. The molecule has 1 aromatic carbocycles. The van der Waals surface area contributed by atoms with Crippen molar-refractivity contribution in [2.24, 2.45) is 0 Å². The van der Waals surface area contributed by atoms with Gasteiger partial charge in [0.05, 0.1) is 6.54 Å². The van der Waals surface area contributed by atoms with Gasteiger partial charge in [-0.3, -0.25) is 19.3 Å². The Morgan fingerprint density at radius 2 is 1.78 bits per heavy atom. The van der Waals surface area contributed by atoms with Gasteiger partial charge in [-0.05, 0) is 57.9 Å². The smallest absolute Gasteiger partial charge is 0.252 e. The summed E-state index contributed by atoms with van der Waals surface area (Å²) in [5, 5.41) is 3.10. The number of rotatable bonds is 7.